The summed E-state index contributed by atoms with van der Waals surface area (Å²) in [6.45, 7) is 6.32. The van der Waals surface area contributed by atoms with E-state index in [9.17, 15) is 0 Å². The molecular weight excluding hydrogens is 190 g/mol. The Balaban J connectivity index is 2.39. The van der Waals surface area contributed by atoms with Crippen LogP contribution < -0.4 is 5.32 Å². The minimum absolute atomic E-state index is 0.958. The fourth-order valence-corrected chi connectivity index (χ4v) is 1.51. The maximum absolute atomic E-state index is 4.17. The fourth-order valence-electron chi connectivity index (χ4n) is 1.35. The van der Waals surface area contributed by atoms with E-state index in [-0.39, 0.29) is 0 Å². The van der Waals surface area contributed by atoms with Crippen LogP contribution in [0.4, 0.5) is 0 Å². The van der Waals surface area contributed by atoms with E-state index in [0.29, 0.717) is 0 Å². The van der Waals surface area contributed by atoms with Crippen LogP contribution in [0.1, 0.15) is 23.1 Å². The zero-order valence-corrected chi connectivity index (χ0v) is 9.90. The standard InChI is InChI=1S/C12H19NS/c1-10-4-5-12(8-11(10)2)9-13-6-3-7-14/h4-5,8,13-14H,3,6-7,9H2,1-2H3. The summed E-state index contributed by atoms with van der Waals surface area (Å²) >= 11 is 4.17. The second-order valence-corrected chi connectivity index (χ2v) is 4.12. The first kappa shape index (κ1) is 11.6. The van der Waals surface area contributed by atoms with Crippen molar-refractivity contribution in [1.29, 1.82) is 0 Å². The molecule has 0 amide bonds. The van der Waals surface area contributed by atoms with E-state index < -0.39 is 0 Å². The highest BCUT2D eigenvalue weighted by molar-refractivity contribution is 7.80. The lowest BCUT2D eigenvalue weighted by atomic mass is 10.1. The normalized spacial score (nSPS) is 10.5. The summed E-state index contributed by atoms with van der Waals surface area (Å²) in [5.74, 6) is 0.958. The molecule has 0 atom stereocenters. The minimum Gasteiger partial charge on any atom is -0.313 e. The lowest BCUT2D eigenvalue weighted by Gasteiger charge is -2.06. The Bertz CT molecular complexity index is 284. The third kappa shape index (κ3) is 3.72. The number of hydrogen-bond acceptors (Lipinski definition) is 2. The number of rotatable bonds is 5. The second-order valence-electron chi connectivity index (χ2n) is 3.67. The summed E-state index contributed by atoms with van der Waals surface area (Å²) in [6.07, 6.45) is 1.13. The van der Waals surface area contributed by atoms with Crippen LogP contribution >= 0.6 is 12.6 Å². The van der Waals surface area contributed by atoms with Crippen molar-refractivity contribution in [3.05, 3.63) is 34.9 Å². The van der Waals surface area contributed by atoms with Gasteiger partial charge in [0.25, 0.3) is 0 Å². The Morgan fingerprint density at radius 1 is 1.21 bits per heavy atom. The molecule has 0 aliphatic carbocycles. The molecule has 0 saturated heterocycles. The van der Waals surface area contributed by atoms with Crippen molar-refractivity contribution in [2.45, 2.75) is 26.8 Å². The van der Waals surface area contributed by atoms with Gasteiger partial charge in [0, 0.05) is 6.54 Å². The average molecular weight is 209 g/mol. The molecule has 0 spiro atoms. The van der Waals surface area contributed by atoms with Crippen molar-refractivity contribution in [3.8, 4) is 0 Å². The Hall–Kier alpha value is -0.470. The molecule has 1 N–H and O–H groups in total. The van der Waals surface area contributed by atoms with Crippen molar-refractivity contribution in [2.75, 3.05) is 12.3 Å². The highest BCUT2D eigenvalue weighted by Crippen LogP contribution is 2.09. The second kappa shape index (κ2) is 6.10. The number of benzene rings is 1. The van der Waals surface area contributed by atoms with Gasteiger partial charge >= 0.3 is 0 Å². The first-order valence-electron chi connectivity index (χ1n) is 5.11. The molecule has 14 heavy (non-hydrogen) atoms. The molecule has 0 radical (unpaired) electrons. The van der Waals surface area contributed by atoms with E-state index >= 15 is 0 Å². The van der Waals surface area contributed by atoms with Crippen LogP contribution in [0.2, 0.25) is 0 Å². The molecule has 0 aromatic heterocycles. The van der Waals surface area contributed by atoms with Crippen LogP contribution in [-0.2, 0) is 6.54 Å². The highest BCUT2D eigenvalue weighted by Gasteiger charge is 1.95. The number of nitrogens with one attached hydrogen (secondary N) is 1. The fraction of sp³-hybridized carbons (Fsp3) is 0.500. The molecule has 0 heterocycles. The summed E-state index contributed by atoms with van der Waals surface area (Å²) in [6, 6.07) is 6.63. The van der Waals surface area contributed by atoms with Gasteiger partial charge in [-0.3, -0.25) is 0 Å². The van der Waals surface area contributed by atoms with Crippen molar-refractivity contribution < 1.29 is 0 Å². The van der Waals surface area contributed by atoms with Gasteiger partial charge in [0.15, 0.2) is 0 Å². The van der Waals surface area contributed by atoms with Gasteiger partial charge in [-0.05, 0) is 49.3 Å². The molecule has 0 saturated carbocycles. The van der Waals surface area contributed by atoms with Gasteiger partial charge in [-0.15, -0.1) is 0 Å². The molecule has 2 heteroatoms. The van der Waals surface area contributed by atoms with Crippen LogP contribution in [0.15, 0.2) is 18.2 Å². The summed E-state index contributed by atoms with van der Waals surface area (Å²) < 4.78 is 0. The van der Waals surface area contributed by atoms with Gasteiger partial charge < -0.3 is 5.32 Å². The molecule has 1 aromatic rings. The molecule has 0 aliphatic heterocycles. The Kier molecular flexibility index (Phi) is 5.05. The van der Waals surface area contributed by atoms with Gasteiger partial charge in [0.05, 0.1) is 0 Å². The summed E-state index contributed by atoms with van der Waals surface area (Å²) in [7, 11) is 0. The first-order valence-corrected chi connectivity index (χ1v) is 5.75. The maximum Gasteiger partial charge on any atom is 0.0205 e. The molecule has 0 bridgehead atoms. The number of thiol groups is 1. The predicted octanol–water partition coefficient (Wildman–Crippen LogP) is 2.71. The van der Waals surface area contributed by atoms with Crippen LogP contribution in [0, 0.1) is 13.8 Å². The lowest BCUT2D eigenvalue weighted by molar-refractivity contribution is 0.679. The van der Waals surface area contributed by atoms with Crippen LogP contribution in [-0.4, -0.2) is 12.3 Å². The molecule has 0 fully saturated rings. The van der Waals surface area contributed by atoms with Gasteiger partial charge in [0.1, 0.15) is 0 Å². The topological polar surface area (TPSA) is 12.0 Å². The van der Waals surface area contributed by atoms with Crippen molar-refractivity contribution >= 4 is 12.6 Å². The molecular formula is C12H19NS. The zero-order chi connectivity index (χ0) is 10.4. The van der Waals surface area contributed by atoms with E-state index in [1.165, 1.54) is 16.7 Å². The van der Waals surface area contributed by atoms with Gasteiger partial charge in [-0.25, -0.2) is 0 Å². The van der Waals surface area contributed by atoms with E-state index in [4.69, 9.17) is 0 Å². The molecule has 1 rings (SSSR count). The molecule has 1 nitrogen and oxygen atoms in total. The Labute approximate surface area is 92.3 Å². The number of aryl methyl sites for hydroxylation is 2. The van der Waals surface area contributed by atoms with Crippen LogP contribution in [0.25, 0.3) is 0 Å². The van der Waals surface area contributed by atoms with Gasteiger partial charge in [-0.1, -0.05) is 18.2 Å². The molecule has 0 aliphatic rings. The SMILES string of the molecule is Cc1ccc(CNCCCS)cc1C. The minimum atomic E-state index is 0.958. The van der Waals surface area contributed by atoms with Crippen LogP contribution in [0.5, 0.6) is 0 Å². The summed E-state index contributed by atoms with van der Waals surface area (Å²) in [5.41, 5.74) is 4.11. The highest BCUT2D eigenvalue weighted by atomic mass is 32.1. The van der Waals surface area contributed by atoms with E-state index in [0.717, 1.165) is 25.3 Å². The average Bonchev–Trinajstić information content (AvgIpc) is 2.18. The summed E-state index contributed by atoms with van der Waals surface area (Å²) in [5, 5.41) is 3.40. The molecule has 78 valence electrons. The maximum atomic E-state index is 4.17. The van der Waals surface area contributed by atoms with E-state index in [2.05, 4.69) is 50.0 Å². The van der Waals surface area contributed by atoms with Crippen LogP contribution in [0.3, 0.4) is 0 Å². The quantitative estimate of drug-likeness (QED) is 0.561. The third-order valence-corrected chi connectivity index (χ3v) is 2.73. The molecule has 1 aromatic carbocycles. The van der Waals surface area contributed by atoms with E-state index in [1.807, 2.05) is 0 Å². The van der Waals surface area contributed by atoms with Gasteiger partial charge in [0.2, 0.25) is 0 Å². The largest absolute Gasteiger partial charge is 0.313 e. The Morgan fingerprint density at radius 2 is 2.00 bits per heavy atom. The lowest BCUT2D eigenvalue weighted by Crippen LogP contribution is -2.15. The van der Waals surface area contributed by atoms with E-state index in [1.54, 1.807) is 0 Å². The summed E-state index contributed by atoms with van der Waals surface area (Å²) in [4.78, 5) is 0. The smallest absolute Gasteiger partial charge is 0.0205 e. The van der Waals surface area contributed by atoms with Gasteiger partial charge in [-0.2, -0.15) is 12.6 Å². The third-order valence-electron chi connectivity index (χ3n) is 2.41. The monoisotopic (exact) mass is 209 g/mol. The van der Waals surface area contributed by atoms with Crippen molar-refractivity contribution in [3.63, 3.8) is 0 Å². The zero-order valence-electron chi connectivity index (χ0n) is 9.01. The van der Waals surface area contributed by atoms with Crippen molar-refractivity contribution in [2.24, 2.45) is 0 Å². The van der Waals surface area contributed by atoms with Crippen molar-refractivity contribution in [1.82, 2.24) is 5.32 Å². The predicted molar refractivity (Wildman–Crippen MR) is 66.1 cm³/mol. The Morgan fingerprint density at radius 3 is 2.64 bits per heavy atom. The molecule has 0 unspecified atom stereocenters. The number of hydrogen-bond donors (Lipinski definition) is 2. The first-order chi connectivity index (χ1) is 6.74.